The lowest BCUT2D eigenvalue weighted by atomic mass is 10.0. The number of hydrogen-bond donors (Lipinski definition) is 2. The van der Waals surface area contributed by atoms with E-state index < -0.39 is 17.7 Å². The van der Waals surface area contributed by atoms with Gasteiger partial charge < -0.3 is 15.1 Å². The van der Waals surface area contributed by atoms with E-state index in [1.807, 2.05) is 33.3 Å². The van der Waals surface area contributed by atoms with Crippen LogP contribution < -0.4 is 0 Å². The topological polar surface area (TPSA) is 62.5 Å². The fourth-order valence-corrected chi connectivity index (χ4v) is 3.83. The Balaban J connectivity index is 1.54. The highest BCUT2D eigenvalue weighted by atomic mass is 19.1. The average molecular weight is 376 g/mol. The Hall–Kier alpha value is -2.29. The van der Waals surface area contributed by atoms with Crippen molar-refractivity contribution in [3.63, 3.8) is 0 Å². The third-order valence-electron chi connectivity index (χ3n) is 5.11. The van der Waals surface area contributed by atoms with Gasteiger partial charge in [0.25, 0.3) is 0 Å². The van der Waals surface area contributed by atoms with E-state index in [0.717, 1.165) is 31.3 Å². The number of aliphatic imine (C=N–C) groups is 1. The molecule has 8 heteroatoms. The van der Waals surface area contributed by atoms with E-state index in [1.54, 1.807) is 0 Å². The van der Waals surface area contributed by atoms with Crippen molar-refractivity contribution in [3.05, 3.63) is 59.6 Å². The van der Waals surface area contributed by atoms with Gasteiger partial charge in [0.15, 0.2) is 0 Å². The van der Waals surface area contributed by atoms with Crippen molar-refractivity contribution in [2.75, 3.05) is 26.2 Å². The number of rotatable bonds is 4. The summed E-state index contributed by atoms with van der Waals surface area (Å²) in [7, 11) is 0. The third-order valence-corrected chi connectivity index (χ3v) is 5.11. The van der Waals surface area contributed by atoms with Gasteiger partial charge in [0, 0.05) is 31.4 Å². The highest BCUT2D eigenvalue weighted by Crippen LogP contribution is 2.35. The van der Waals surface area contributed by atoms with Gasteiger partial charge in [-0.15, -0.1) is 0 Å². The van der Waals surface area contributed by atoms with Crippen LogP contribution in [-0.2, 0) is 0 Å². The Morgan fingerprint density at radius 1 is 1.30 bits per heavy atom. The molecule has 3 heterocycles. The molecular weight excluding hydrogens is 354 g/mol. The molecule has 1 aromatic carbocycles. The fourth-order valence-electron chi connectivity index (χ4n) is 3.83. The zero-order valence-corrected chi connectivity index (χ0v) is 14.8. The van der Waals surface area contributed by atoms with E-state index in [1.165, 1.54) is 12.1 Å². The summed E-state index contributed by atoms with van der Waals surface area (Å²) in [4.78, 5) is 6.69. The molecule has 0 aromatic heterocycles. The second-order valence-electron chi connectivity index (χ2n) is 6.92. The molecule has 0 saturated carbocycles. The third kappa shape index (κ3) is 3.47. The number of halogens is 2. The quantitative estimate of drug-likeness (QED) is 0.839. The first kappa shape index (κ1) is 18.1. The minimum atomic E-state index is -0.824. The van der Waals surface area contributed by atoms with Crippen molar-refractivity contribution < 1.29 is 19.0 Å². The molecule has 1 aromatic rings. The van der Waals surface area contributed by atoms with Gasteiger partial charge >= 0.3 is 0 Å². The summed E-state index contributed by atoms with van der Waals surface area (Å²) in [5.41, 5.74) is 0.360. The molecule has 0 aliphatic carbocycles. The highest BCUT2D eigenvalue weighted by molar-refractivity contribution is 5.95. The van der Waals surface area contributed by atoms with E-state index in [0.29, 0.717) is 24.5 Å². The molecule has 3 aliphatic heterocycles. The van der Waals surface area contributed by atoms with Crippen LogP contribution in [0.25, 0.3) is 0 Å². The van der Waals surface area contributed by atoms with Gasteiger partial charge in [-0.25, -0.2) is 18.8 Å². The molecule has 6 nitrogen and oxygen atoms in total. The summed E-state index contributed by atoms with van der Waals surface area (Å²) in [6, 6.07) is 3.33. The molecule has 0 bridgehead atoms. The lowest BCUT2D eigenvalue weighted by Crippen LogP contribution is -2.42. The van der Waals surface area contributed by atoms with Crippen LogP contribution in [0.2, 0.25) is 0 Å². The zero-order chi connectivity index (χ0) is 19.0. The maximum absolute atomic E-state index is 14.3. The minimum Gasteiger partial charge on any atom is -0.394 e. The number of hydrazine groups is 1. The number of fused-ring (bicyclic) bond motifs is 1. The van der Waals surface area contributed by atoms with Gasteiger partial charge in [-0.2, -0.15) is 0 Å². The molecule has 27 heavy (non-hydrogen) atoms. The number of aliphatic hydroxyl groups excluding tert-OH is 2. The van der Waals surface area contributed by atoms with Crippen molar-refractivity contribution in [2.24, 2.45) is 4.99 Å². The van der Waals surface area contributed by atoms with E-state index in [2.05, 4.69) is 4.99 Å². The number of amidine groups is 1. The molecule has 0 amide bonds. The normalized spacial score (nSPS) is 23.5. The van der Waals surface area contributed by atoms with E-state index >= 15 is 0 Å². The van der Waals surface area contributed by atoms with Gasteiger partial charge in [0.1, 0.15) is 23.3 Å². The van der Waals surface area contributed by atoms with Gasteiger partial charge in [-0.3, -0.25) is 5.01 Å². The Kier molecular flexibility index (Phi) is 4.94. The Morgan fingerprint density at radius 3 is 2.96 bits per heavy atom. The number of likely N-dealkylation sites (tertiary alicyclic amines) is 1. The smallest absolute Gasteiger partial charge is 0.146 e. The summed E-state index contributed by atoms with van der Waals surface area (Å²) in [5.74, 6) is 0.595. The van der Waals surface area contributed by atoms with Crippen LogP contribution >= 0.6 is 0 Å². The molecule has 3 aliphatic rings. The molecular formula is C19H22F2N4O2. The molecule has 4 rings (SSSR count). The maximum Gasteiger partial charge on any atom is 0.146 e. The van der Waals surface area contributed by atoms with Crippen molar-refractivity contribution >= 4 is 5.84 Å². The van der Waals surface area contributed by atoms with Crippen LogP contribution in [0.15, 0.2) is 47.4 Å². The van der Waals surface area contributed by atoms with Crippen LogP contribution in [0.5, 0.6) is 0 Å². The molecule has 1 saturated heterocycles. The monoisotopic (exact) mass is 376 g/mol. The second-order valence-corrected chi connectivity index (χ2v) is 6.92. The fraction of sp³-hybridized carbons (Fsp3) is 0.421. The van der Waals surface area contributed by atoms with Crippen LogP contribution in [0.4, 0.5) is 8.78 Å². The predicted molar refractivity (Wildman–Crippen MR) is 96.2 cm³/mol. The number of aliphatic hydroxyl groups is 2. The zero-order valence-electron chi connectivity index (χ0n) is 14.8. The Labute approximate surface area is 156 Å². The van der Waals surface area contributed by atoms with Gasteiger partial charge in [-0.1, -0.05) is 0 Å². The van der Waals surface area contributed by atoms with Gasteiger partial charge in [0.2, 0.25) is 0 Å². The summed E-state index contributed by atoms with van der Waals surface area (Å²) >= 11 is 0. The molecule has 0 radical (unpaired) electrons. The standard InChI is InChI=1S/C19H22F2N4O2/c20-13-3-4-16(21)15(10-13)17-2-1-7-24(17)18-6-9-25-19(22-18)5-8-23(25)11-14(27)12-26/h3-6,9-10,14,17,26-27H,1-2,7-8,11-12H2/t14-,17+/m0/s1. The number of hydrogen-bond acceptors (Lipinski definition) is 6. The lowest BCUT2D eigenvalue weighted by molar-refractivity contribution is 0.00476. The van der Waals surface area contributed by atoms with E-state index in [4.69, 9.17) is 5.11 Å². The molecule has 2 atom stereocenters. The van der Waals surface area contributed by atoms with Crippen molar-refractivity contribution in [3.8, 4) is 0 Å². The molecule has 0 spiro atoms. The number of β-amino-alcohol motifs (C(OH)–C–C–N with tert-alkyl or cyclic N) is 1. The largest absolute Gasteiger partial charge is 0.394 e. The van der Waals surface area contributed by atoms with Crippen LogP contribution in [0.1, 0.15) is 24.4 Å². The van der Waals surface area contributed by atoms with Crippen LogP contribution in [0, 0.1) is 11.6 Å². The average Bonchev–Trinajstić information content (AvgIpc) is 3.30. The van der Waals surface area contributed by atoms with Crippen LogP contribution in [0.3, 0.4) is 0 Å². The summed E-state index contributed by atoms with van der Waals surface area (Å²) in [5, 5.41) is 22.4. The van der Waals surface area contributed by atoms with E-state index in [9.17, 15) is 13.9 Å². The lowest BCUT2D eigenvalue weighted by Gasteiger charge is -2.34. The molecule has 144 valence electrons. The van der Waals surface area contributed by atoms with Crippen molar-refractivity contribution in [1.29, 1.82) is 0 Å². The first-order valence-corrected chi connectivity index (χ1v) is 9.08. The first-order valence-electron chi connectivity index (χ1n) is 9.08. The minimum absolute atomic E-state index is 0.245. The predicted octanol–water partition coefficient (Wildman–Crippen LogP) is 1.75. The summed E-state index contributed by atoms with van der Waals surface area (Å²) in [6.07, 6.45) is 6.42. The van der Waals surface area contributed by atoms with Crippen molar-refractivity contribution in [2.45, 2.75) is 25.0 Å². The Bertz CT molecular complexity index is 811. The number of nitrogens with zero attached hydrogens (tertiary/aromatic N) is 4. The van der Waals surface area contributed by atoms with Crippen LogP contribution in [-0.4, -0.2) is 63.3 Å². The number of benzene rings is 1. The summed E-state index contributed by atoms with van der Waals surface area (Å²) < 4.78 is 27.9. The van der Waals surface area contributed by atoms with Gasteiger partial charge in [0.05, 0.1) is 18.8 Å². The first-order chi connectivity index (χ1) is 13.1. The molecule has 2 N–H and O–H groups in total. The Morgan fingerprint density at radius 2 is 2.15 bits per heavy atom. The summed E-state index contributed by atoms with van der Waals surface area (Å²) in [6.45, 7) is 1.30. The molecule has 0 unspecified atom stereocenters. The highest BCUT2D eigenvalue weighted by Gasteiger charge is 2.33. The maximum atomic E-state index is 14.3. The van der Waals surface area contributed by atoms with Crippen molar-refractivity contribution in [1.82, 2.24) is 14.9 Å². The van der Waals surface area contributed by atoms with E-state index in [-0.39, 0.29) is 12.6 Å². The second kappa shape index (κ2) is 7.38. The van der Waals surface area contributed by atoms with Gasteiger partial charge in [-0.05, 0) is 43.2 Å². The SMILES string of the molecule is OC[C@@H](O)CN1CC=C2N=C(N3CCC[C@@H]3c3cc(F)ccc3F)C=CN21. The molecule has 1 fully saturated rings.